The summed E-state index contributed by atoms with van der Waals surface area (Å²) in [4.78, 5) is 3.95. The summed E-state index contributed by atoms with van der Waals surface area (Å²) in [6.07, 6.45) is 3.07. The molecule has 0 radical (unpaired) electrons. The first-order valence-corrected chi connectivity index (χ1v) is 12.6. The van der Waals surface area contributed by atoms with Gasteiger partial charge in [0, 0.05) is 60.9 Å². The smallest absolute Gasteiger partial charge is 0.133 e. The predicted molar refractivity (Wildman–Crippen MR) is 134 cm³/mol. The van der Waals surface area contributed by atoms with Crippen molar-refractivity contribution in [1.82, 2.24) is 9.80 Å². The van der Waals surface area contributed by atoms with Gasteiger partial charge in [-0.1, -0.05) is 6.07 Å². The van der Waals surface area contributed by atoms with E-state index >= 15 is 8.78 Å². The number of nitrogen functional groups attached to an aromatic ring is 1. The molecular weight excluding hydrogens is 470 g/mol. The maximum atomic E-state index is 15.7. The van der Waals surface area contributed by atoms with Crippen LogP contribution < -0.4 is 11.1 Å². The molecule has 1 aliphatic carbocycles. The average molecular weight is 504 g/mol. The summed E-state index contributed by atoms with van der Waals surface area (Å²) in [5.74, 6) is -1.39. The van der Waals surface area contributed by atoms with Crippen LogP contribution in [0, 0.1) is 17.0 Å². The highest BCUT2D eigenvalue weighted by molar-refractivity contribution is 5.88. The predicted octanol–water partition coefficient (Wildman–Crippen LogP) is 4.84. The molecule has 9 heteroatoms. The van der Waals surface area contributed by atoms with Gasteiger partial charge in [0.1, 0.15) is 17.3 Å². The van der Waals surface area contributed by atoms with E-state index in [9.17, 15) is 8.78 Å². The molecule has 0 aromatic heterocycles. The van der Waals surface area contributed by atoms with Crippen LogP contribution in [0.5, 0.6) is 0 Å². The summed E-state index contributed by atoms with van der Waals surface area (Å²) < 4.78 is 58.7. The SMILES string of the molecule is C[C@@H]1Cc2c(ccc(N)c2C=N)C(c2c(F)cc(NC3CN(CCCF)C3)cc2F)N1CC1(F)CC1. The van der Waals surface area contributed by atoms with E-state index in [1.807, 2.05) is 11.8 Å². The summed E-state index contributed by atoms with van der Waals surface area (Å²) in [7, 11) is 0. The lowest BCUT2D eigenvalue weighted by Gasteiger charge is -2.44. The fourth-order valence-corrected chi connectivity index (χ4v) is 5.68. The van der Waals surface area contributed by atoms with E-state index in [1.165, 1.54) is 18.3 Å². The van der Waals surface area contributed by atoms with Crippen molar-refractivity contribution in [2.75, 3.05) is 43.9 Å². The largest absolute Gasteiger partial charge is 0.398 e. The van der Waals surface area contributed by atoms with Crippen LogP contribution in [0.2, 0.25) is 0 Å². The van der Waals surface area contributed by atoms with Crippen molar-refractivity contribution >= 4 is 17.6 Å². The lowest BCUT2D eigenvalue weighted by Crippen LogP contribution is -2.54. The van der Waals surface area contributed by atoms with Gasteiger partial charge in [0.25, 0.3) is 0 Å². The van der Waals surface area contributed by atoms with Gasteiger partial charge in [-0.3, -0.25) is 14.2 Å². The standard InChI is InChI=1S/C27H33F4N5/c1-16-9-20-19(3-4-24(33)21(20)12-32)26(36(16)15-27(31)5-6-27)25-22(29)10-17(11-23(25)30)34-18-13-35(14-18)8-2-7-28/h3-4,10-12,16,18,26,32,34H,2,5-9,13-15,33H2,1H3/t16-,26?/m1/s1. The molecule has 1 saturated carbocycles. The van der Waals surface area contributed by atoms with Crippen LogP contribution in [0.1, 0.15) is 54.5 Å². The summed E-state index contributed by atoms with van der Waals surface area (Å²) in [6.45, 7) is 3.72. The third kappa shape index (κ3) is 4.70. The molecule has 0 amide bonds. The van der Waals surface area contributed by atoms with Gasteiger partial charge in [0.15, 0.2) is 0 Å². The van der Waals surface area contributed by atoms with E-state index in [2.05, 4.69) is 10.2 Å². The van der Waals surface area contributed by atoms with E-state index in [4.69, 9.17) is 11.1 Å². The molecule has 0 bridgehead atoms. The number of hydrogen-bond donors (Lipinski definition) is 3. The molecule has 36 heavy (non-hydrogen) atoms. The molecule has 194 valence electrons. The Kier molecular flexibility index (Phi) is 6.72. The quantitative estimate of drug-likeness (QED) is 0.260. The van der Waals surface area contributed by atoms with Crippen LogP contribution >= 0.6 is 0 Å². The zero-order valence-electron chi connectivity index (χ0n) is 20.5. The third-order valence-electron chi connectivity index (χ3n) is 7.81. The molecule has 3 aliphatic rings. The zero-order chi connectivity index (χ0) is 25.6. The molecule has 5 rings (SSSR count). The van der Waals surface area contributed by atoms with Crippen LogP contribution in [0.4, 0.5) is 28.9 Å². The van der Waals surface area contributed by atoms with Gasteiger partial charge in [-0.15, -0.1) is 0 Å². The van der Waals surface area contributed by atoms with Crippen LogP contribution in [-0.4, -0.2) is 66.6 Å². The molecule has 2 aromatic rings. The van der Waals surface area contributed by atoms with Gasteiger partial charge in [-0.05, 0) is 61.9 Å². The molecule has 1 saturated heterocycles. The van der Waals surface area contributed by atoms with Crippen molar-refractivity contribution in [3.63, 3.8) is 0 Å². The topological polar surface area (TPSA) is 68.4 Å². The number of nitrogens with zero attached hydrogens (tertiary/aromatic N) is 2. The average Bonchev–Trinajstić information content (AvgIpc) is 3.53. The number of likely N-dealkylation sites (tertiary alicyclic amines) is 1. The summed E-state index contributed by atoms with van der Waals surface area (Å²) in [6, 6.07) is 5.03. The van der Waals surface area contributed by atoms with Crippen molar-refractivity contribution in [1.29, 1.82) is 5.41 Å². The highest BCUT2D eigenvalue weighted by atomic mass is 19.1. The molecule has 2 fully saturated rings. The van der Waals surface area contributed by atoms with E-state index in [1.54, 1.807) is 12.1 Å². The molecule has 5 nitrogen and oxygen atoms in total. The molecule has 2 aliphatic heterocycles. The van der Waals surface area contributed by atoms with Gasteiger partial charge >= 0.3 is 0 Å². The van der Waals surface area contributed by atoms with Gasteiger partial charge in [-0.2, -0.15) is 0 Å². The maximum Gasteiger partial charge on any atom is 0.133 e. The highest BCUT2D eigenvalue weighted by Crippen LogP contribution is 2.47. The van der Waals surface area contributed by atoms with Crippen LogP contribution in [-0.2, 0) is 6.42 Å². The summed E-state index contributed by atoms with van der Waals surface area (Å²) >= 11 is 0. The molecule has 2 atom stereocenters. The van der Waals surface area contributed by atoms with Crippen LogP contribution in [0.25, 0.3) is 0 Å². The molecular formula is C27H33F4N5. The number of anilines is 2. The second kappa shape index (κ2) is 9.67. The van der Waals surface area contributed by atoms with Gasteiger partial charge < -0.3 is 16.5 Å². The fraction of sp³-hybridized carbons (Fsp3) is 0.519. The number of hydrogen-bond acceptors (Lipinski definition) is 5. The molecule has 4 N–H and O–H groups in total. The van der Waals surface area contributed by atoms with Crippen molar-refractivity contribution in [3.8, 4) is 0 Å². The van der Waals surface area contributed by atoms with E-state index < -0.39 is 23.3 Å². The fourth-order valence-electron chi connectivity index (χ4n) is 5.68. The minimum atomic E-state index is -1.34. The monoisotopic (exact) mass is 503 g/mol. The summed E-state index contributed by atoms with van der Waals surface area (Å²) in [5.41, 5.74) is 7.43. The van der Waals surface area contributed by atoms with Crippen molar-refractivity contribution in [3.05, 3.63) is 58.2 Å². The Labute approximate surface area is 209 Å². The number of benzene rings is 2. The van der Waals surface area contributed by atoms with Crippen molar-refractivity contribution in [2.45, 2.75) is 56.4 Å². The minimum Gasteiger partial charge on any atom is -0.398 e. The number of nitrogens with one attached hydrogen (secondary N) is 2. The number of rotatable bonds is 9. The number of halogens is 4. The first-order chi connectivity index (χ1) is 17.2. The first kappa shape index (κ1) is 25.0. The van der Waals surface area contributed by atoms with E-state index in [0.717, 1.165) is 5.56 Å². The molecule has 2 heterocycles. The normalized spacial score (nSPS) is 23.7. The lowest BCUT2D eigenvalue weighted by atomic mass is 9.81. The van der Waals surface area contributed by atoms with Gasteiger partial charge in [-0.25, -0.2) is 13.2 Å². The Morgan fingerprint density at radius 3 is 2.50 bits per heavy atom. The van der Waals surface area contributed by atoms with Gasteiger partial charge in [0.2, 0.25) is 0 Å². The molecule has 1 unspecified atom stereocenters. The van der Waals surface area contributed by atoms with Crippen LogP contribution in [0.3, 0.4) is 0 Å². The maximum absolute atomic E-state index is 15.7. The number of nitrogens with two attached hydrogens (primary N) is 1. The minimum absolute atomic E-state index is 0.0422. The number of alkyl halides is 2. The Hall–Kier alpha value is -2.65. The van der Waals surface area contributed by atoms with Gasteiger partial charge in [0.05, 0.1) is 18.8 Å². The number of fused-ring (bicyclic) bond motifs is 1. The Bertz CT molecular complexity index is 1120. The highest BCUT2D eigenvalue weighted by Gasteiger charge is 2.48. The lowest BCUT2D eigenvalue weighted by molar-refractivity contribution is 0.0948. The van der Waals surface area contributed by atoms with Crippen molar-refractivity contribution < 1.29 is 17.6 Å². The van der Waals surface area contributed by atoms with E-state index in [0.29, 0.717) is 67.8 Å². The first-order valence-electron chi connectivity index (χ1n) is 12.6. The Balaban J connectivity index is 1.48. The van der Waals surface area contributed by atoms with Crippen LogP contribution in [0.15, 0.2) is 24.3 Å². The second-order valence-electron chi connectivity index (χ2n) is 10.6. The van der Waals surface area contributed by atoms with E-state index in [-0.39, 0.29) is 30.9 Å². The molecule has 0 spiro atoms. The third-order valence-corrected chi connectivity index (χ3v) is 7.81. The molecule has 2 aromatic carbocycles. The zero-order valence-corrected chi connectivity index (χ0v) is 20.5. The Morgan fingerprint density at radius 2 is 1.89 bits per heavy atom. The second-order valence-corrected chi connectivity index (χ2v) is 10.6. The summed E-state index contributed by atoms with van der Waals surface area (Å²) in [5, 5.41) is 11.0. The van der Waals surface area contributed by atoms with Crippen molar-refractivity contribution in [2.24, 2.45) is 0 Å². The Morgan fingerprint density at radius 1 is 1.19 bits per heavy atom.